The summed E-state index contributed by atoms with van der Waals surface area (Å²) in [6.07, 6.45) is 1.14. The number of amides is 2. The molecule has 148 valence electrons. The number of benzene rings is 1. The number of hydrogen-bond acceptors (Lipinski definition) is 7. The standard InChI is InChI=1S/C19H23N5O4/c1-4-9-23-16(20-21-22-23)11-28-19(27)15(10-12(2)3)24-17(25)13-7-5-6-8-14(13)18(24)26/h5-8,12,15H,4,9-11H2,1-3H3/t15-/m1/s1. The largest absolute Gasteiger partial charge is 0.456 e. The van der Waals surface area contributed by atoms with E-state index >= 15 is 0 Å². The predicted octanol–water partition coefficient (Wildman–Crippen LogP) is 1.84. The topological polar surface area (TPSA) is 107 Å². The van der Waals surface area contributed by atoms with Crippen molar-refractivity contribution in [3.8, 4) is 0 Å². The van der Waals surface area contributed by atoms with Crippen molar-refractivity contribution >= 4 is 17.8 Å². The van der Waals surface area contributed by atoms with Gasteiger partial charge in [0.1, 0.15) is 6.04 Å². The van der Waals surface area contributed by atoms with E-state index in [-0.39, 0.29) is 12.5 Å². The molecule has 1 aliphatic heterocycles. The first-order chi connectivity index (χ1) is 13.4. The number of aryl methyl sites for hydroxylation is 1. The van der Waals surface area contributed by atoms with Crippen molar-refractivity contribution in [3.63, 3.8) is 0 Å². The smallest absolute Gasteiger partial charge is 0.329 e. The number of nitrogens with zero attached hydrogens (tertiary/aromatic N) is 5. The van der Waals surface area contributed by atoms with Gasteiger partial charge < -0.3 is 4.74 Å². The Morgan fingerprint density at radius 1 is 1.14 bits per heavy atom. The number of imide groups is 1. The van der Waals surface area contributed by atoms with Crippen LogP contribution in [0.3, 0.4) is 0 Å². The van der Waals surface area contributed by atoms with E-state index in [0.29, 0.717) is 29.9 Å². The van der Waals surface area contributed by atoms with E-state index in [1.54, 1.807) is 28.9 Å². The second kappa shape index (κ2) is 8.28. The van der Waals surface area contributed by atoms with Gasteiger partial charge in [-0.15, -0.1) is 5.10 Å². The number of esters is 1. The highest BCUT2D eigenvalue weighted by molar-refractivity contribution is 6.22. The number of carbonyl (C=O) groups excluding carboxylic acids is 3. The third-order valence-electron chi connectivity index (χ3n) is 4.49. The maximum absolute atomic E-state index is 12.8. The average molecular weight is 385 g/mol. The van der Waals surface area contributed by atoms with Gasteiger partial charge in [0.2, 0.25) is 0 Å². The highest BCUT2D eigenvalue weighted by Gasteiger charge is 2.43. The van der Waals surface area contributed by atoms with Gasteiger partial charge in [0.05, 0.1) is 11.1 Å². The summed E-state index contributed by atoms with van der Waals surface area (Å²) in [5, 5.41) is 11.3. The number of rotatable bonds is 8. The Kier molecular flexibility index (Phi) is 5.81. The number of aromatic nitrogens is 4. The van der Waals surface area contributed by atoms with Gasteiger partial charge in [-0.05, 0) is 41.3 Å². The summed E-state index contributed by atoms with van der Waals surface area (Å²) >= 11 is 0. The van der Waals surface area contributed by atoms with E-state index in [1.165, 1.54) is 0 Å². The Balaban J connectivity index is 1.79. The van der Waals surface area contributed by atoms with Crippen LogP contribution in [0.1, 0.15) is 60.2 Å². The van der Waals surface area contributed by atoms with Crippen molar-refractivity contribution in [1.82, 2.24) is 25.1 Å². The fourth-order valence-corrected chi connectivity index (χ4v) is 3.19. The molecule has 2 heterocycles. The summed E-state index contributed by atoms with van der Waals surface area (Å²) in [6.45, 7) is 6.30. The predicted molar refractivity (Wildman–Crippen MR) is 98.1 cm³/mol. The fourth-order valence-electron chi connectivity index (χ4n) is 3.19. The molecule has 3 rings (SSSR count). The molecule has 1 atom stereocenters. The first kappa shape index (κ1) is 19.7. The quantitative estimate of drug-likeness (QED) is 0.504. The molecule has 0 spiro atoms. The van der Waals surface area contributed by atoms with Gasteiger partial charge in [0.15, 0.2) is 12.4 Å². The Hall–Kier alpha value is -3.10. The molecule has 0 aliphatic carbocycles. The molecule has 0 saturated heterocycles. The summed E-state index contributed by atoms with van der Waals surface area (Å²) in [5.41, 5.74) is 0.613. The Labute approximate surface area is 162 Å². The van der Waals surface area contributed by atoms with Crippen molar-refractivity contribution in [2.45, 2.75) is 52.8 Å². The molecule has 1 aromatic heterocycles. The number of hydrogen-bond donors (Lipinski definition) is 0. The molecule has 0 N–H and O–H groups in total. The summed E-state index contributed by atoms with van der Waals surface area (Å²) < 4.78 is 6.96. The van der Waals surface area contributed by atoms with Crippen molar-refractivity contribution < 1.29 is 19.1 Å². The van der Waals surface area contributed by atoms with Crippen LogP contribution in [0.4, 0.5) is 0 Å². The van der Waals surface area contributed by atoms with E-state index in [4.69, 9.17) is 4.74 Å². The maximum Gasteiger partial charge on any atom is 0.329 e. The third-order valence-corrected chi connectivity index (χ3v) is 4.49. The third kappa shape index (κ3) is 3.78. The lowest BCUT2D eigenvalue weighted by Crippen LogP contribution is -2.46. The van der Waals surface area contributed by atoms with E-state index in [1.807, 2.05) is 20.8 Å². The molecule has 9 heteroatoms. The van der Waals surface area contributed by atoms with Gasteiger partial charge in [0.25, 0.3) is 11.8 Å². The lowest BCUT2D eigenvalue weighted by atomic mass is 10.0. The minimum Gasteiger partial charge on any atom is -0.456 e. The zero-order chi connectivity index (χ0) is 20.3. The highest BCUT2D eigenvalue weighted by Crippen LogP contribution is 2.27. The van der Waals surface area contributed by atoms with E-state index < -0.39 is 23.8 Å². The summed E-state index contributed by atoms with van der Waals surface area (Å²) in [5.74, 6) is -1.10. The van der Waals surface area contributed by atoms with Crippen LogP contribution in [0.2, 0.25) is 0 Å². The molecule has 2 aromatic rings. The van der Waals surface area contributed by atoms with Crippen LogP contribution in [0, 0.1) is 5.92 Å². The molecule has 1 aromatic carbocycles. The van der Waals surface area contributed by atoms with Crippen LogP contribution in [0.15, 0.2) is 24.3 Å². The van der Waals surface area contributed by atoms with Crippen molar-refractivity contribution in [3.05, 3.63) is 41.2 Å². The molecule has 1 aliphatic rings. The van der Waals surface area contributed by atoms with E-state index in [0.717, 1.165) is 11.3 Å². The minimum atomic E-state index is -0.997. The molecule has 0 radical (unpaired) electrons. The van der Waals surface area contributed by atoms with Crippen LogP contribution in [0.5, 0.6) is 0 Å². The number of ether oxygens (including phenoxy) is 1. The Bertz CT molecular complexity index is 857. The van der Waals surface area contributed by atoms with Crippen molar-refractivity contribution in [2.75, 3.05) is 0 Å². The Morgan fingerprint density at radius 3 is 2.36 bits per heavy atom. The summed E-state index contributed by atoms with van der Waals surface area (Å²) in [6, 6.07) is 5.56. The first-order valence-corrected chi connectivity index (χ1v) is 9.32. The first-order valence-electron chi connectivity index (χ1n) is 9.32. The van der Waals surface area contributed by atoms with Gasteiger partial charge in [-0.2, -0.15) is 0 Å². The SMILES string of the molecule is CCCn1nnnc1COC(=O)[C@@H](CC(C)C)N1C(=O)c2ccccc2C1=O. The van der Waals surface area contributed by atoms with Gasteiger partial charge >= 0.3 is 5.97 Å². The lowest BCUT2D eigenvalue weighted by Gasteiger charge is -2.25. The molecular weight excluding hydrogens is 362 g/mol. The van der Waals surface area contributed by atoms with E-state index in [9.17, 15) is 14.4 Å². The lowest BCUT2D eigenvalue weighted by molar-refractivity contribution is -0.150. The van der Waals surface area contributed by atoms with Crippen LogP contribution in [-0.2, 0) is 22.7 Å². The minimum absolute atomic E-state index is 0.0762. The van der Waals surface area contributed by atoms with Crippen LogP contribution >= 0.6 is 0 Å². The van der Waals surface area contributed by atoms with Gasteiger partial charge in [-0.1, -0.05) is 32.9 Å². The second-order valence-electron chi connectivity index (χ2n) is 7.10. The molecule has 0 fully saturated rings. The van der Waals surface area contributed by atoms with Gasteiger partial charge in [-0.3, -0.25) is 14.5 Å². The van der Waals surface area contributed by atoms with E-state index in [2.05, 4.69) is 15.5 Å². The molecule has 28 heavy (non-hydrogen) atoms. The monoisotopic (exact) mass is 385 g/mol. The van der Waals surface area contributed by atoms with Crippen LogP contribution < -0.4 is 0 Å². The number of tetrazole rings is 1. The normalized spacial score (nSPS) is 14.5. The summed E-state index contributed by atoms with van der Waals surface area (Å²) in [7, 11) is 0. The molecule has 2 amide bonds. The number of fused-ring (bicyclic) bond motifs is 1. The summed E-state index contributed by atoms with van der Waals surface area (Å²) in [4.78, 5) is 39.4. The molecule has 0 saturated carbocycles. The van der Waals surface area contributed by atoms with Crippen LogP contribution in [0.25, 0.3) is 0 Å². The zero-order valence-electron chi connectivity index (χ0n) is 16.2. The number of carbonyl (C=O) groups is 3. The molecule has 9 nitrogen and oxygen atoms in total. The fraction of sp³-hybridized carbons (Fsp3) is 0.474. The van der Waals surface area contributed by atoms with Gasteiger partial charge in [0, 0.05) is 6.54 Å². The molecular formula is C19H23N5O4. The Morgan fingerprint density at radius 2 is 1.79 bits per heavy atom. The van der Waals surface area contributed by atoms with Crippen molar-refractivity contribution in [2.24, 2.45) is 5.92 Å². The molecule has 0 bridgehead atoms. The second-order valence-corrected chi connectivity index (χ2v) is 7.10. The molecule has 0 unspecified atom stereocenters. The average Bonchev–Trinajstić information content (AvgIpc) is 3.21. The maximum atomic E-state index is 12.8. The zero-order valence-corrected chi connectivity index (χ0v) is 16.2. The highest BCUT2D eigenvalue weighted by atomic mass is 16.5. The van der Waals surface area contributed by atoms with Crippen LogP contribution in [-0.4, -0.2) is 48.9 Å². The van der Waals surface area contributed by atoms with Crippen molar-refractivity contribution in [1.29, 1.82) is 0 Å². The van der Waals surface area contributed by atoms with Gasteiger partial charge in [-0.25, -0.2) is 9.48 Å².